The Balaban J connectivity index is 1.92. The summed E-state index contributed by atoms with van der Waals surface area (Å²) in [5.41, 5.74) is 0.393. The number of pyridine rings is 1. The van der Waals surface area contributed by atoms with Gasteiger partial charge in [0, 0.05) is 18.7 Å². The molecular weight excluding hydrogens is 319 g/mol. The molecule has 2 rings (SSSR count). The molecule has 0 unspecified atom stereocenters. The number of rotatable bonds is 4. The molecule has 114 valence electrons. The lowest BCUT2D eigenvalue weighted by Crippen LogP contribution is -2.41. The van der Waals surface area contributed by atoms with Gasteiger partial charge in [0.1, 0.15) is 16.9 Å². The van der Waals surface area contributed by atoms with Crippen LogP contribution in [0.5, 0.6) is 0 Å². The van der Waals surface area contributed by atoms with Crippen LogP contribution in [0.2, 0.25) is 10.3 Å². The van der Waals surface area contributed by atoms with Gasteiger partial charge in [-0.3, -0.25) is 4.79 Å². The van der Waals surface area contributed by atoms with Crippen LogP contribution in [0.15, 0.2) is 12.1 Å². The molecule has 0 aromatic carbocycles. The van der Waals surface area contributed by atoms with E-state index in [1.165, 1.54) is 12.1 Å². The molecule has 6 nitrogen and oxygen atoms in total. The van der Waals surface area contributed by atoms with E-state index in [9.17, 15) is 9.59 Å². The number of hydrogen-bond donors (Lipinski definition) is 1. The van der Waals surface area contributed by atoms with Crippen LogP contribution in [-0.2, 0) is 9.53 Å². The number of hydrogen-bond acceptors (Lipinski definition) is 4. The first-order valence-corrected chi connectivity index (χ1v) is 7.17. The fraction of sp³-hybridized carbons (Fsp3) is 0.462. The van der Waals surface area contributed by atoms with Crippen molar-refractivity contribution >= 4 is 35.1 Å². The molecule has 1 saturated heterocycles. The Hall–Kier alpha value is -1.37. The SMILES string of the molecule is O=C(O)COC1CCN(C(=O)c2cc(Cl)nc(Cl)c2)CC1. The molecule has 0 bridgehead atoms. The Morgan fingerprint density at radius 3 is 2.38 bits per heavy atom. The van der Waals surface area contributed by atoms with E-state index in [1.54, 1.807) is 4.90 Å². The number of likely N-dealkylation sites (tertiary alicyclic amines) is 1. The summed E-state index contributed by atoms with van der Waals surface area (Å²) >= 11 is 11.6. The number of amides is 1. The van der Waals surface area contributed by atoms with Crippen molar-refractivity contribution in [1.29, 1.82) is 0 Å². The maximum Gasteiger partial charge on any atom is 0.329 e. The number of piperidine rings is 1. The minimum Gasteiger partial charge on any atom is -0.480 e. The van der Waals surface area contributed by atoms with Crippen molar-refractivity contribution in [2.24, 2.45) is 0 Å². The quantitative estimate of drug-likeness (QED) is 0.854. The highest BCUT2D eigenvalue weighted by Crippen LogP contribution is 2.19. The van der Waals surface area contributed by atoms with E-state index in [4.69, 9.17) is 33.0 Å². The molecule has 1 amide bonds. The highest BCUT2D eigenvalue weighted by Gasteiger charge is 2.25. The van der Waals surface area contributed by atoms with Crippen LogP contribution >= 0.6 is 23.2 Å². The molecule has 8 heteroatoms. The number of carbonyl (C=O) groups excluding carboxylic acids is 1. The minimum absolute atomic E-state index is 0.130. The second-order valence-corrected chi connectivity index (χ2v) is 5.47. The van der Waals surface area contributed by atoms with Gasteiger partial charge in [0.15, 0.2) is 0 Å². The summed E-state index contributed by atoms with van der Waals surface area (Å²) in [5.74, 6) is -1.16. The van der Waals surface area contributed by atoms with Gasteiger partial charge in [-0.15, -0.1) is 0 Å². The molecule has 0 radical (unpaired) electrons. The Bertz CT molecular complexity index is 525. The zero-order valence-electron chi connectivity index (χ0n) is 11.1. The van der Waals surface area contributed by atoms with Crippen LogP contribution in [0.25, 0.3) is 0 Å². The molecule has 0 spiro atoms. The van der Waals surface area contributed by atoms with Crippen molar-refractivity contribution in [2.75, 3.05) is 19.7 Å². The minimum atomic E-state index is -0.991. The van der Waals surface area contributed by atoms with Gasteiger partial charge < -0.3 is 14.7 Å². The van der Waals surface area contributed by atoms with Crippen LogP contribution in [0.4, 0.5) is 0 Å². The predicted octanol–water partition coefficient (Wildman–Crippen LogP) is 2.09. The average molecular weight is 333 g/mol. The van der Waals surface area contributed by atoms with Crippen molar-refractivity contribution in [3.63, 3.8) is 0 Å². The molecule has 0 aliphatic carbocycles. The fourth-order valence-electron chi connectivity index (χ4n) is 2.19. The van der Waals surface area contributed by atoms with Crippen LogP contribution in [0.3, 0.4) is 0 Å². The first kappa shape index (κ1) is 16.0. The van der Waals surface area contributed by atoms with Gasteiger partial charge in [0.2, 0.25) is 0 Å². The first-order valence-electron chi connectivity index (χ1n) is 6.41. The van der Waals surface area contributed by atoms with E-state index >= 15 is 0 Å². The third-order valence-electron chi connectivity index (χ3n) is 3.18. The summed E-state index contributed by atoms with van der Waals surface area (Å²) < 4.78 is 5.23. The van der Waals surface area contributed by atoms with E-state index < -0.39 is 5.97 Å². The molecule has 1 aliphatic heterocycles. The lowest BCUT2D eigenvalue weighted by molar-refractivity contribution is -0.145. The Morgan fingerprint density at radius 1 is 1.29 bits per heavy atom. The number of aliphatic carboxylic acids is 1. The first-order chi connectivity index (χ1) is 9.95. The normalized spacial score (nSPS) is 16.0. The zero-order chi connectivity index (χ0) is 15.4. The summed E-state index contributed by atoms with van der Waals surface area (Å²) in [7, 11) is 0. The van der Waals surface area contributed by atoms with Gasteiger partial charge >= 0.3 is 5.97 Å². The maximum absolute atomic E-state index is 12.3. The third-order valence-corrected chi connectivity index (χ3v) is 3.57. The monoisotopic (exact) mass is 332 g/mol. The number of aromatic nitrogens is 1. The van der Waals surface area contributed by atoms with E-state index in [2.05, 4.69) is 4.98 Å². The number of carboxylic acids is 1. The smallest absolute Gasteiger partial charge is 0.329 e. The van der Waals surface area contributed by atoms with Crippen molar-refractivity contribution < 1.29 is 19.4 Å². The van der Waals surface area contributed by atoms with E-state index in [1.807, 2.05) is 0 Å². The predicted molar refractivity (Wildman–Crippen MR) is 76.8 cm³/mol. The Morgan fingerprint density at radius 2 is 1.86 bits per heavy atom. The third kappa shape index (κ3) is 4.56. The van der Waals surface area contributed by atoms with Gasteiger partial charge in [0.05, 0.1) is 6.10 Å². The van der Waals surface area contributed by atoms with Gasteiger partial charge in [-0.1, -0.05) is 23.2 Å². The van der Waals surface area contributed by atoms with Crippen molar-refractivity contribution in [1.82, 2.24) is 9.88 Å². The number of ether oxygens (including phenoxy) is 1. The number of nitrogens with zero attached hydrogens (tertiary/aromatic N) is 2. The second kappa shape index (κ2) is 7.06. The largest absolute Gasteiger partial charge is 0.480 e. The molecule has 1 aliphatic rings. The van der Waals surface area contributed by atoms with Gasteiger partial charge in [-0.25, -0.2) is 9.78 Å². The van der Waals surface area contributed by atoms with Gasteiger partial charge in [-0.05, 0) is 25.0 Å². The zero-order valence-corrected chi connectivity index (χ0v) is 12.6. The molecule has 0 atom stereocenters. The van der Waals surface area contributed by atoms with Crippen LogP contribution in [0, 0.1) is 0 Å². The number of carbonyl (C=O) groups is 2. The highest BCUT2D eigenvalue weighted by atomic mass is 35.5. The van der Waals surface area contributed by atoms with Crippen LogP contribution < -0.4 is 0 Å². The van der Waals surface area contributed by atoms with E-state index in [-0.39, 0.29) is 28.9 Å². The summed E-state index contributed by atoms with van der Waals surface area (Å²) in [6.45, 7) is 0.690. The average Bonchev–Trinajstić information content (AvgIpc) is 2.44. The van der Waals surface area contributed by atoms with Crippen LogP contribution in [-0.4, -0.2) is 52.7 Å². The Kier molecular flexibility index (Phi) is 5.39. The number of halogens is 2. The topological polar surface area (TPSA) is 79.7 Å². The summed E-state index contributed by atoms with van der Waals surface area (Å²) in [5, 5.41) is 8.91. The number of carboxylic acid groups (broad SMARTS) is 1. The van der Waals surface area contributed by atoms with Gasteiger partial charge in [0.25, 0.3) is 5.91 Å². The molecule has 2 heterocycles. The molecule has 1 fully saturated rings. The Labute approximate surface area is 131 Å². The second-order valence-electron chi connectivity index (χ2n) is 4.70. The lowest BCUT2D eigenvalue weighted by atomic mass is 10.1. The summed E-state index contributed by atoms with van der Waals surface area (Å²) in [4.78, 5) is 28.2. The van der Waals surface area contributed by atoms with E-state index in [0.29, 0.717) is 31.5 Å². The van der Waals surface area contributed by atoms with Crippen molar-refractivity contribution in [3.05, 3.63) is 28.0 Å². The van der Waals surface area contributed by atoms with Crippen LogP contribution in [0.1, 0.15) is 23.2 Å². The molecule has 0 saturated carbocycles. The standard InChI is InChI=1S/C13H14Cl2N2O4/c14-10-5-8(6-11(15)16-10)13(20)17-3-1-9(2-4-17)21-7-12(18)19/h5-6,9H,1-4,7H2,(H,18,19). The lowest BCUT2D eigenvalue weighted by Gasteiger charge is -2.31. The maximum atomic E-state index is 12.3. The van der Waals surface area contributed by atoms with Crippen molar-refractivity contribution in [2.45, 2.75) is 18.9 Å². The fourth-order valence-corrected chi connectivity index (χ4v) is 2.65. The molecule has 1 N–H and O–H groups in total. The van der Waals surface area contributed by atoms with Crippen molar-refractivity contribution in [3.8, 4) is 0 Å². The molecule has 21 heavy (non-hydrogen) atoms. The summed E-state index contributed by atoms with van der Waals surface area (Å²) in [6, 6.07) is 2.95. The molecule has 1 aromatic rings. The van der Waals surface area contributed by atoms with Gasteiger partial charge in [-0.2, -0.15) is 0 Å². The summed E-state index contributed by atoms with van der Waals surface area (Å²) in [6.07, 6.45) is 1.08. The molecular formula is C13H14Cl2N2O4. The van der Waals surface area contributed by atoms with E-state index in [0.717, 1.165) is 0 Å². The molecule has 1 aromatic heterocycles. The highest BCUT2D eigenvalue weighted by molar-refractivity contribution is 6.33.